The minimum absolute atomic E-state index is 0.0703. The van der Waals surface area contributed by atoms with Gasteiger partial charge < -0.3 is 14.6 Å². The molecule has 7 heteroatoms. The SMILES string of the molecule is COc1ccccc1Cc1nc(C2CCCN(C3CCOCC3)C2)n(CCO)n1. The molecule has 1 N–H and O–H groups in total. The molecule has 158 valence electrons. The van der Waals surface area contributed by atoms with Gasteiger partial charge in [0, 0.05) is 43.7 Å². The molecule has 0 amide bonds. The molecule has 1 aromatic heterocycles. The van der Waals surface area contributed by atoms with Crippen molar-refractivity contribution < 1.29 is 14.6 Å². The Morgan fingerprint density at radius 3 is 2.83 bits per heavy atom. The lowest BCUT2D eigenvalue weighted by Gasteiger charge is -2.39. The second kappa shape index (κ2) is 9.69. The van der Waals surface area contributed by atoms with E-state index in [1.807, 2.05) is 22.9 Å². The number of methoxy groups -OCH3 is 1. The number of piperidine rings is 1. The maximum absolute atomic E-state index is 9.55. The van der Waals surface area contributed by atoms with Crippen molar-refractivity contribution in [3.05, 3.63) is 41.5 Å². The van der Waals surface area contributed by atoms with E-state index in [0.717, 1.165) is 68.5 Å². The number of ether oxygens (including phenoxy) is 2. The van der Waals surface area contributed by atoms with Gasteiger partial charge in [-0.3, -0.25) is 4.90 Å². The molecule has 0 spiro atoms. The van der Waals surface area contributed by atoms with E-state index in [1.54, 1.807) is 7.11 Å². The van der Waals surface area contributed by atoms with Crippen LogP contribution in [0.5, 0.6) is 5.75 Å². The van der Waals surface area contributed by atoms with Gasteiger partial charge in [-0.05, 0) is 38.3 Å². The zero-order valence-corrected chi connectivity index (χ0v) is 17.3. The standard InChI is InChI=1S/C22H32N4O3/c1-28-20-7-3-2-5-17(20)15-21-23-22(26(24-21)11-12-27)18-6-4-10-25(16-18)19-8-13-29-14-9-19/h2-3,5,7,18-19,27H,4,6,8-16H2,1H3. The van der Waals surface area contributed by atoms with E-state index in [-0.39, 0.29) is 6.61 Å². The lowest BCUT2D eigenvalue weighted by molar-refractivity contribution is 0.0232. The zero-order chi connectivity index (χ0) is 20.1. The van der Waals surface area contributed by atoms with E-state index in [0.29, 0.717) is 24.9 Å². The normalized spacial score (nSPS) is 21.4. The van der Waals surface area contributed by atoms with Gasteiger partial charge in [0.1, 0.15) is 11.6 Å². The number of likely N-dealkylation sites (tertiary alicyclic amines) is 1. The first-order chi connectivity index (χ1) is 14.3. The van der Waals surface area contributed by atoms with Crippen molar-refractivity contribution >= 4 is 0 Å². The molecule has 2 fully saturated rings. The van der Waals surface area contributed by atoms with Crippen molar-refractivity contribution in [1.82, 2.24) is 19.7 Å². The molecule has 2 aliphatic rings. The molecule has 1 atom stereocenters. The number of aromatic nitrogens is 3. The number of rotatable bonds is 7. The summed E-state index contributed by atoms with van der Waals surface area (Å²) in [5, 5.41) is 14.3. The summed E-state index contributed by atoms with van der Waals surface area (Å²) in [5.41, 5.74) is 1.08. The van der Waals surface area contributed by atoms with E-state index in [1.165, 1.54) is 6.42 Å². The molecule has 2 saturated heterocycles. The second-order valence-corrected chi connectivity index (χ2v) is 8.00. The zero-order valence-electron chi connectivity index (χ0n) is 17.3. The Labute approximate surface area is 172 Å². The predicted molar refractivity (Wildman–Crippen MR) is 110 cm³/mol. The molecule has 1 unspecified atom stereocenters. The fourth-order valence-electron chi connectivity index (χ4n) is 4.66. The molecule has 29 heavy (non-hydrogen) atoms. The van der Waals surface area contributed by atoms with Gasteiger partial charge >= 0.3 is 0 Å². The summed E-state index contributed by atoms with van der Waals surface area (Å²) in [6.45, 7) is 4.47. The highest BCUT2D eigenvalue weighted by atomic mass is 16.5. The molecule has 4 rings (SSSR count). The van der Waals surface area contributed by atoms with Crippen LogP contribution in [0.4, 0.5) is 0 Å². The summed E-state index contributed by atoms with van der Waals surface area (Å²) in [5.74, 6) is 3.02. The Morgan fingerprint density at radius 2 is 2.03 bits per heavy atom. The summed E-state index contributed by atoms with van der Waals surface area (Å²) in [6, 6.07) is 8.62. The van der Waals surface area contributed by atoms with Crippen LogP contribution in [0.15, 0.2) is 24.3 Å². The first-order valence-electron chi connectivity index (χ1n) is 10.8. The van der Waals surface area contributed by atoms with Gasteiger partial charge in [0.2, 0.25) is 0 Å². The third-order valence-electron chi connectivity index (χ3n) is 6.12. The molecule has 0 aliphatic carbocycles. The molecule has 0 radical (unpaired) electrons. The highest BCUT2D eigenvalue weighted by Gasteiger charge is 2.30. The Kier molecular flexibility index (Phi) is 6.79. The van der Waals surface area contributed by atoms with Crippen molar-refractivity contribution in [2.45, 2.75) is 50.6 Å². The van der Waals surface area contributed by atoms with E-state index in [2.05, 4.69) is 11.0 Å². The average Bonchev–Trinajstić information content (AvgIpc) is 3.17. The van der Waals surface area contributed by atoms with Gasteiger partial charge in [-0.25, -0.2) is 9.67 Å². The molecule has 2 aromatic rings. The topological polar surface area (TPSA) is 72.6 Å². The lowest BCUT2D eigenvalue weighted by Crippen LogP contribution is -2.45. The number of aliphatic hydroxyl groups is 1. The van der Waals surface area contributed by atoms with Crippen LogP contribution in [0.1, 0.15) is 48.8 Å². The number of hydrogen-bond donors (Lipinski definition) is 1. The predicted octanol–water partition coefficient (Wildman–Crippen LogP) is 2.23. The van der Waals surface area contributed by atoms with Crippen molar-refractivity contribution in [3.63, 3.8) is 0 Å². The number of benzene rings is 1. The van der Waals surface area contributed by atoms with Gasteiger partial charge in [0.05, 0.1) is 20.3 Å². The van der Waals surface area contributed by atoms with Crippen molar-refractivity contribution in [2.75, 3.05) is 40.0 Å². The lowest BCUT2D eigenvalue weighted by atomic mass is 9.94. The summed E-state index contributed by atoms with van der Waals surface area (Å²) < 4.78 is 12.9. The third kappa shape index (κ3) is 4.79. The molecule has 0 saturated carbocycles. The number of para-hydroxylation sites is 1. The van der Waals surface area contributed by atoms with Crippen LogP contribution >= 0.6 is 0 Å². The van der Waals surface area contributed by atoms with Gasteiger partial charge in [-0.1, -0.05) is 18.2 Å². The summed E-state index contributed by atoms with van der Waals surface area (Å²) >= 11 is 0. The molecule has 3 heterocycles. The fourth-order valence-corrected chi connectivity index (χ4v) is 4.66. The van der Waals surface area contributed by atoms with Crippen LogP contribution in [0.2, 0.25) is 0 Å². The number of aliphatic hydroxyl groups excluding tert-OH is 1. The van der Waals surface area contributed by atoms with E-state index >= 15 is 0 Å². The van der Waals surface area contributed by atoms with Gasteiger partial charge in [-0.15, -0.1) is 0 Å². The smallest absolute Gasteiger partial charge is 0.155 e. The molecule has 1 aromatic carbocycles. The van der Waals surface area contributed by atoms with Crippen LogP contribution in [0.25, 0.3) is 0 Å². The van der Waals surface area contributed by atoms with Crippen molar-refractivity contribution in [1.29, 1.82) is 0 Å². The maximum Gasteiger partial charge on any atom is 0.155 e. The van der Waals surface area contributed by atoms with Gasteiger partial charge in [0.25, 0.3) is 0 Å². The highest BCUT2D eigenvalue weighted by Crippen LogP contribution is 2.30. The molecule has 0 bridgehead atoms. The van der Waals surface area contributed by atoms with Crippen LogP contribution < -0.4 is 4.74 Å². The average molecular weight is 401 g/mol. The first kappa shape index (κ1) is 20.3. The van der Waals surface area contributed by atoms with E-state index in [9.17, 15) is 5.11 Å². The second-order valence-electron chi connectivity index (χ2n) is 8.00. The third-order valence-corrected chi connectivity index (χ3v) is 6.12. The Bertz CT molecular complexity index is 788. The fraction of sp³-hybridized carbons (Fsp3) is 0.636. The molecule has 7 nitrogen and oxygen atoms in total. The van der Waals surface area contributed by atoms with E-state index in [4.69, 9.17) is 19.6 Å². The quantitative estimate of drug-likeness (QED) is 0.768. The first-order valence-corrected chi connectivity index (χ1v) is 10.8. The minimum atomic E-state index is 0.0703. The largest absolute Gasteiger partial charge is 0.496 e. The van der Waals surface area contributed by atoms with Crippen molar-refractivity contribution in [2.24, 2.45) is 0 Å². The number of nitrogens with zero attached hydrogens (tertiary/aromatic N) is 4. The summed E-state index contributed by atoms with van der Waals surface area (Å²) in [4.78, 5) is 7.56. The van der Waals surface area contributed by atoms with Crippen LogP contribution in [0.3, 0.4) is 0 Å². The summed E-state index contributed by atoms with van der Waals surface area (Å²) in [7, 11) is 1.69. The monoisotopic (exact) mass is 400 g/mol. The van der Waals surface area contributed by atoms with Crippen molar-refractivity contribution in [3.8, 4) is 5.75 Å². The van der Waals surface area contributed by atoms with Gasteiger partial charge in [-0.2, -0.15) is 5.10 Å². The van der Waals surface area contributed by atoms with Gasteiger partial charge in [0.15, 0.2) is 5.82 Å². The van der Waals surface area contributed by atoms with Crippen LogP contribution in [-0.2, 0) is 17.7 Å². The Balaban J connectivity index is 1.52. The molecular weight excluding hydrogens is 368 g/mol. The highest BCUT2D eigenvalue weighted by molar-refractivity contribution is 5.35. The minimum Gasteiger partial charge on any atom is -0.496 e. The molecular formula is C22H32N4O3. The Morgan fingerprint density at radius 1 is 1.21 bits per heavy atom. The van der Waals surface area contributed by atoms with E-state index < -0.39 is 0 Å². The molecule has 2 aliphatic heterocycles. The number of hydrogen-bond acceptors (Lipinski definition) is 6. The Hall–Kier alpha value is -1.96. The summed E-state index contributed by atoms with van der Waals surface area (Å²) in [6.07, 6.45) is 5.17. The van der Waals surface area contributed by atoms with Crippen LogP contribution in [-0.4, -0.2) is 70.8 Å². The van der Waals surface area contributed by atoms with Crippen LogP contribution in [0, 0.1) is 0 Å². The maximum atomic E-state index is 9.55.